The summed E-state index contributed by atoms with van der Waals surface area (Å²) >= 11 is 0. The van der Waals surface area contributed by atoms with E-state index in [4.69, 9.17) is 0 Å². The van der Waals surface area contributed by atoms with Crippen LogP contribution in [0.25, 0.3) is 76.8 Å². The molecule has 0 heterocycles. The van der Waals surface area contributed by atoms with Gasteiger partial charge >= 0.3 is 0 Å². The second-order valence-electron chi connectivity index (χ2n) is 19.6. The number of phenolic OH excluding ortho intramolecular Hbond substituents is 2. The van der Waals surface area contributed by atoms with E-state index in [1.165, 1.54) is 55.6 Å². The zero-order chi connectivity index (χ0) is 44.3. The molecule has 0 spiro atoms. The Balaban J connectivity index is 1.57. The number of hydrogen-bond acceptors (Lipinski definition) is 2. The van der Waals surface area contributed by atoms with Crippen LogP contribution < -0.4 is 0 Å². The SMILES string of the molecule is CC(C)c1cc(C(C)C)c(-c2ccc3c(-c4ccccc4O)cc4c5cc(-c6c(C(C)C)cc(C(C)C)cc6C(C)C)ccc5c(-c5ccccc5O)cc4c3c2)c(C(C)C)c1. The van der Waals surface area contributed by atoms with Crippen LogP contribution in [0.2, 0.25) is 0 Å². The molecule has 2 nitrogen and oxygen atoms in total. The molecule has 316 valence electrons. The first-order chi connectivity index (χ1) is 29.5. The molecule has 8 aromatic rings. The van der Waals surface area contributed by atoms with Gasteiger partial charge in [-0.3, -0.25) is 0 Å². The number of fused-ring (bicyclic) bond motifs is 5. The van der Waals surface area contributed by atoms with E-state index in [-0.39, 0.29) is 11.5 Å². The van der Waals surface area contributed by atoms with Crippen molar-refractivity contribution in [2.45, 2.75) is 119 Å². The average molecular weight is 817 g/mol. The van der Waals surface area contributed by atoms with Crippen LogP contribution >= 0.6 is 0 Å². The van der Waals surface area contributed by atoms with E-state index < -0.39 is 0 Å². The lowest BCUT2D eigenvalue weighted by molar-refractivity contribution is 0.477. The molecule has 0 bridgehead atoms. The summed E-state index contributed by atoms with van der Waals surface area (Å²) in [4.78, 5) is 0. The van der Waals surface area contributed by atoms with Crippen LogP contribution in [0.5, 0.6) is 11.5 Å². The minimum absolute atomic E-state index is 0.259. The molecule has 0 saturated carbocycles. The van der Waals surface area contributed by atoms with Gasteiger partial charge in [0.25, 0.3) is 0 Å². The van der Waals surface area contributed by atoms with E-state index in [1.807, 2.05) is 36.4 Å². The Morgan fingerprint density at radius 3 is 0.887 bits per heavy atom. The van der Waals surface area contributed by atoms with Crippen molar-refractivity contribution in [1.29, 1.82) is 0 Å². The number of hydrogen-bond donors (Lipinski definition) is 2. The van der Waals surface area contributed by atoms with Gasteiger partial charge < -0.3 is 10.2 Å². The van der Waals surface area contributed by atoms with E-state index in [2.05, 4.69) is 156 Å². The smallest absolute Gasteiger partial charge is 0.123 e. The minimum atomic E-state index is 0.259. The zero-order valence-electron chi connectivity index (χ0n) is 38.9. The van der Waals surface area contributed by atoms with Gasteiger partial charge in [-0.05, 0) is 171 Å². The fraction of sp³-hybridized carbons (Fsp3) is 0.300. The first-order valence-corrected chi connectivity index (χ1v) is 23.0. The van der Waals surface area contributed by atoms with E-state index >= 15 is 0 Å². The highest BCUT2D eigenvalue weighted by Gasteiger charge is 2.24. The Labute approximate surface area is 370 Å². The number of para-hydroxylation sites is 2. The summed E-state index contributed by atoms with van der Waals surface area (Å²) in [7, 11) is 0. The van der Waals surface area contributed by atoms with Gasteiger partial charge in [-0.1, -0.05) is 168 Å². The van der Waals surface area contributed by atoms with Crippen molar-refractivity contribution >= 4 is 32.3 Å². The molecule has 0 aliphatic heterocycles. The maximum Gasteiger partial charge on any atom is 0.123 e. The Kier molecular flexibility index (Phi) is 11.6. The lowest BCUT2D eigenvalue weighted by atomic mass is 9.80. The Morgan fingerprint density at radius 2 is 0.597 bits per heavy atom. The molecule has 2 N–H and O–H groups in total. The largest absolute Gasteiger partial charge is 0.507 e. The van der Waals surface area contributed by atoms with Gasteiger partial charge in [-0.25, -0.2) is 0 Å². The van der Waals surface area contributed by atoms with Gasteiger partial charge in [-0.2, -0.15) is 0 Å². The van der Waals surface area contributed by atoms with Gasteiger partial charge in [0.05, 0.1) is 0 Å². The topological polar surface area (TPSA) is 40.5 Å². The van der Waals surface area contributed by atoms with Crippen molar-refractivity contribution in [1.82, 2.24) is 0 Å². The summed E-state index contributed by atoms with van der Waals surface area (Å²) < 4.78 is 0. The van der Waals surface area contributed by atoms with Crippen molar-refractivity contribution in [3.05, 3.63) is 155 Å². The summed E-state index contributed by atoms with van der Waals surface area (Å²) in [5, 5.41) is 29.7. The highest BCUT2D eigenvalue weighted by Crippen LogP contribution is 2.49. The lowest BCUT2D eigenvalue weighted by Gasteiger charge is -2.24. The molecule has 0 amide bonds. The van der Waals surface area contributed by atoms with E-state index in [0.29, 0.717) is 35.5 Å². The maximum absolute atomic E-state index is 11.5. The Morgan fingerprint density at radius 1 is 0.290 bits per heavy atom. The molecule has 0 fully saturated rings. The van der Waals surface area contributed by atoms with Gasteiger partial charge in [0.2, 0.25) is 0 Å². The summed E-state index contributed by atoms with van der Waals surface area (Å²) in [5.41, 5.74) is 16.9. The van der Waals surface area contributed by atoms with Crippen LogP contribution in [0.1, 0.15) is 152 Å². The first-order valence-electron chi connectivity index (χ1n) is 23.0. The quantitative estimate of drug-likeness (QED) is 0.135. The lowest BCUT2D eigenvalue weighted by Crippen LogP contribution is -2.04. The van der Waals surface area contributed by atoms with E-state index in [1.54, 1.807) is 12.1 Å². The van der Waals surface area contributed by atoms with Crippen LogP contribution in [0, 0.1) is 0 Å². The fourth-order valence-corrected chi connectivity index (χ4v) is 9.79. The minimum Gasteiger partial charge on any atom is -0.507 e. The van der Waals surface area contributed by atoms with Crippen molar-refractivity contribution in [3.63, 3.8) is 0 Å². The van der Waals surface area contributed by atoms with Gasteiger partial charge in [0.1, 0.15) is 11.5 Å². The molecule has 0 aliphatic carbocycles. The molecule has 0 saturated heterocycles. The molecule has 0 radical (unpaired) electrons. The van der Waals surface area contributed by atoms with E-state index in [0.717, 1.165) is 54.6 Å². The summed E-state index contributed by atoms with van der Waals surface area (Å²) in [5.74, 6) is 2.69. The third-order valence-electron chi connectivity index (χ3n) is 13.3. The van der Waals surface area contributed by atoms with Gasteiger partial charge in [-0.15, -0.1) is 0 Å². The van der Waals surface area contributed by atoms with Crippen LogP contribution in [-0.2, 0) is 0 Å². The Hall–Kier alpha value is -5.86. The number of benzene rings is 8. The normalized spacial score (nSPS) is 12.2. The van der Waals surface area contributed by atoms with Crippen LogP contribution in [0.3, 0.4) is 0 Å². The molecule has 2 heteroatoms. The zero-order valence-corrected chi connectivity index (χ0v) is 38.9. The highest BCUT2D eigenvalue weighted by atomic mass is 16.3. The van der Waals surface area contributed by atoms with E-state index in [9.17, 15) is 10.2 Å². The van der Waals surface area contributed by atoms with Crippen molar-refractivity contribution in [2.75, 3.05) is 0 Å². The molecule has 62 heavy (non-hydrogen) atoms. The fourth-order valence-electron chi connectivity index (χ4n) is 9.79. The van der Waals surface area contributed by atoms with Crippen molar-refractivity contribution < 1.29 is 10.2 Å². The van der Waals surface area contributed by atoms with Crippen LogP contribution in [0.4, 0.5) is 0 Å². The standard InChI is InChI=1S/C60H64O2/c1-33(2)41-27-47(35(5)6)59(48(28-41)36(7)8)39-21-23-43-51(25-39)55-31-54(46-18-14-16-20-58(46)62)44-24-22-40(26-52(44)56(55)32-53(43)45-17-13-15-19-57(45)61)60-49(37(9)10)29-42(34(3)4)30-50(60)38(11)12/h13-38,61-62H,1-12H3. The molecule has 0 aromatic heterocycles. The molecule has 0 atom stereocenters. The average Bonchev–Trinajstić information content (AvgIpc) is 3.24. The van der Waals surface area contributed by atoms with Gasteiger partial charge in [0, 0.05) is 11.1 Å². The molecule has 0 unspecified atom stereocenters. The monoisotopic (exact) mass is 816 g/mol. The van der Waals surface area contributed by atoms with Crippen LogP contribution in [0.15, 0.2) is 121 Å². The Bertz CT molecular complexity index is 2730. The number of aromatic hydroxyl groups is 2. The second-order valence-corrected chi connectivity index (χ2v) is 19.6. The summed E-state index contributed by atoms with van der Waals surface area (Å²) in [6.45, 7) is 27.7. The van der Waals surface area contributed by atoms with Crippen molar-refractivity contribution in [3.8, 4) is 56.0 Å². The molecular weight excluding hydrogens is 753 g/mol. The second kappa shape index (κ2) is 16.8. The third kappa shape index (κ3) is 7.57. The number of rotatable bonds is 10. The van der Waals surface area contributed by atoms with Crippen molar-refractivity contribution in [2.24, 2.45) is 0 Å². The van der Waals surface area contributed by atoms with Crippen LogP contribution in [-0.4, -0.2) is 10.2 Å². The maximum atomic E-state index is 11.5. The summed E-state index contributed by atoms with van der Waals surface area (Å²) in [6.07, 6.45) is 0. The predicted octanol–water partition coefficient (Wildman–Crippen LogP) is 18.0. The third-order valence-corrected chi connectivity index (χ3v) is 13.3. The highest BCUT2D eigenvalue weighted by molar-refractivity contribution is 6.25. The predicted molar refractivity (Wildman–Crippen MR) is 269 cm³/mol. The first kappa shape index (κ1) is 42.8. The summed E-state index contributed by atoms with van der Waals surface area (Å²) in [6, 6.07) is 43.8. The molecule has 0 aliphatic rings. The molecule has 8 rings (SSSR count). The molecule has 8 aromatic carbocycles. The number of phenols is 2. The molecular formula is C60H64O2. The van der Waals surface area contributed by atoms with Gasteiger partial charge in [0.15, 0.2) is 0 Å².